The normalized spacial score (nSPS) is 11.8. The summed E-state index contributed by atoms with van der Waals surface area (Å²) < 4.78 is 5.38. The van der Waals surface area contributed by atoms with Crippen LogP contribution in [0, 0.1) is 6.92 Å². The molecule has 0 fully saturated rings. The second kappa shape index (κ2) is 7.09. The molecular formula is C17H22N4O2. The van der Waals surface area contributed by atoms with Crippen molar-refractivity contribution in [2.45, 2.75) is 33.2 Å². The van der Waals surface area contributed by atoms with Crippen LogP contribution in [0.3, 0.4) is 0 Å². The van der Waals surface area contributed by atoms with Crippen LogP contribution >= 0.6 is 0 Å². The van der Waals surface area contributed by atoms with Crippen molar-refractivity contribution in [2.24, 2.45) is 0 Å². The van der Waals surface area contributed by atoms with E-state index in [1.165, 1.54) is 6.20 Å². The highest BCUT2D eigenvalue weighted by Gasteiger charge is 2.18. The van der Waals surface area contributed by atoms with Crippen LogP contribution in [0.5, 0.6) is 5.75 Å². The Morgan fingerprint density at radius 1 is 1.43 bits per heavy atom. The van der Waals surface area contributed by atoms with Gasteiger partial charge >= 0.3 is 0 Å². The summed E-state index contributed by atoms with van der Waals surface area (Å²) in [6.45, 7) is 5.84. The first-order valence-corrected chi connectivity index (χ1v) is 7.53. The molecule has 1 amide bonds. The third-order valence-electron chi connectivity index (χ3n) is 3.67. The number of hydrogen-bond acceptors (Lipinski definition) is 5. The number of carbonyl (C=O) groups excluding carboxylic acids is 1. The van der Waals surface area contributed by atoms with Gasteiger partial charge in [0.2, 0.25) is 5.95 Å². The van der Waals surface area contributed by atoms with Gasteiger partial charge in [0.1, 0.15) is 5.75 Å². The predicted octanol–water partition coefficient (Wildman–Crippen LogP) is 2.43. The Morgan fingerprint density at radius 2 is 2.17 bits per heavy atom. The highest BCUT2D eigenvalue weighted by molar-refractivity contribution is 5.95. The first-order valence-electron chi connectivity index (χ1n) is 7.53. The topological polar surface area (TPSA) is 90.1 Å². The van der Waals surface area contributed by atoms with E-state index in [-0.39, 0.29) is 17.9 Å². The summed E-state index contributed by atoms with van der Waals surface area (Å²) in [4.78, 5) is 20.6. The molecule has 0 spiro atoms. The molecular weight excluding hydrogens is 292 g/mol. The maximum Gasteiger partial charge on any atom is 0.255 e. The summed E-state index contributed by atoms with van der Waals surface area (Å²) in [5, 5.41) is 2.97. The second-order valence-corrected chi connectivity index (χ2v) is 5.38. The van der Waals surface area contributed by atoms with Crippen molar-refractivity contribution in [3.8, 4) is 5.75 Å². The summed E-state index contributed by atoms with van der Waals surface area (Å²) in [7, 11) is 1.62. The van der Waals surface area contributed by atoms with E-state index < -0.39 is 0 Å². The van der Waals surface area contributed by atoms with Gasteiger partial charge in [0.05, 0.1) is 24.4 Å². The number of aryl methyl sites for hydroxylation is 2. The monoisotopic (exact) mass is 314 g/mol. The minimum atomic E-state index is -0.224. The van der Waals surface area contributed by atoms with E-state index in [4.69, 9.17) is 10.5 Å². The van der Waals surface area contributed by atoms with Gasteiger partial charge in [0, 0.05) is 11.8 Å². The molecule has 2 rings (SSSR count). The fraction of sp³-hybridized carbons (Fsp3) is 0.353. The average molecular weight is 314 g/mol. The fourth-order valence-electron chi connectivity index (χ4n) is 2.44. The molecule has 0 unspecified atom stereocenters. The Hall–Kier alpha value is -2.63. The number of carbonyl (C=O) groups is 1. The maximum atomic E-state index is 12.5. The lowest BCUT2D eigenvalue weighted by Crippen LogP contribution is -2.28. The van der Waals surface area contributed by atoms with Crippen molar-refractivity contribution in [3.05, 3.63) is 46.8 Å². The van der Waals surface area contributed by atoms with Crippen LogP contribution in [0.2, 0.25) is 0 Å². The van der Waals surface area contributed by atoms with Crippen LogP contribution in [-0.2, 0) is 6.42 Å². The number of methoxy groups -OCH3 is 1. The van der Waals surface area contributed by atoms with Crippen molar-refractivity contribution < 1.29 is 9.53 Å². The Balaban J connectivity index is 2.25. The SMILES string of the molecule is CCc1nc(N)ncc1C(=O)N[C@H](C)c1cc(C)ccc1OC. The molecule has 0 radical (unpaired) electrons. The molecule has 1 atom stereocenters. The molecule has 6 heteroatoms. The van der Waals surface area contributed by atoms with E-state index in [9.17, 15) is 4.79 Å². The molecule has 122 valence electrons. The number of nitrogens with zero attached hydrogens (tertiary/aromatic N) is 2. The Kier molecular flexibility index (Phi) is 5.16. The van der Waals surface area contributed by atoms with Crippen LogP contribution in [0.4, 0.5) is 5.95 Å². The van der Waals surface area contributed by atoms with Gasteiger partial charge in [0.25, 0.3) is 5.91 Å². The third kappa shape index (κ3) is 3.77. The molecule has 23 heavy (non-hydrogen) atoms. The lowest BCUT2D eigenvalue weighted by molar-refractivity contribution is 0.0937. The summed E-state index contributed by atoms with van der Waals surface area (Å²) in [6, 6.07) is 5.67. The lowest BCUT2D eigenvalue weighted by Gasteiger charge is -2.18. The van der Waals surface area contributed by atoms with Crippen molar-refractivity contribution in [1.29, 1.82) is 0 Å². The zero-order chi connectivity index (χ0) is 17.0. The summed E-state index contributed by atoms with van der Waals surface area (Å²) in [5.41, 5.74) is 8.69. The van der Waals surface area contributed by atoms with E-state index in [0.717, 1.165) is 16.9 Å². The zero-order valence-electron chi connectivity index (χ0n) is 13.9. The Morgan fingerprint density at radius 3 is 2.83 bits per heavy atom. The molecule has 0 saturated carbocycles. The minimum absolute atomic E-state index is 0.173. The zero-order valence-corrected chi connectivity index (χ0v) is 13.9. The summed E-state index contributed by atoms with van der Waals surface area (Å²) >= 11 is 0. The van der Waals surface area contributed by atoms with Gasteiger partial charge < -0.3 is 15.8 Å². The summed E-state index contributed by atoms with van der Waals surface area (Å²) in [5.74, 6) is 0.692. The van der Waals surface area contributed by atoms with E-state index in [2.05, 4.69) is 15.3 Å². The highest BCUT2D eigenvalue weighted by atomic mass is 16.5. The fourth-order valence-corrected chi connectivity index (χ4v) is 2.44. The van der Waals surface area contributed by atoms with E-state index in [0.29, 0.717) is 17.7 Å². The summed E-state index contributed by atoms with van der Waals surface area (Å²) in [6.07, 6.45) is 2.08. The molecule has 2 aromatic rings. The van der Waals surface area contributed by atoms with Crippen molar-refractivity contribution >= 4 is 11.9 Å². The van der Waals surface area contributed by atoms with Crippen LogP contribution < -0.4 is 15.8 Å². The lowest BCUT2D eigenvalue weighted by atomic mass is 10.0. The van der Waals surface area contributed by atoms with Gasteiger partial charge in [0.15, 0.2) is 0 Å². The number of nitrogens with one attached hydrogen (secondary N) is 1. The van der Waals surface area contributed by atoms with E-state index >= 15 is 0 Å². The second-order valence-electron chi connectivity index (χ2n) is 5.38. The first-order chi connectivity index (χ1) is 11.0. The number of anilines is 1. The number of rotatable bonds is 5. The molecule has 0 aliphatic rings. The molecule has 0 aliphatic heterocycles. The predicted molar refractivity (Wildman–Crippen MR) is 89.4 cm³/mol. The molecule has 0 aliphatic carbocycles. The van der Waals surface area contributed by atoms with E-state index in [1.54, 1.807) is 7.11 Å². The van der Waals surface area contributed by atoms with Gasteiger partial charge in [-0.15, -0.1) is 0 Å². The van der Waals surface area contributed by atoms with Gasteiger partial charge in [-0.25, -0.2) is 9.97 Å². The van der Waals surface area contributed by atoms with Crippen LogP contribution in [0.15, 0.2) is 24.4 Å². The van der Waals surface area contributed by atoms with Crippen LogP contribution in [0.1, 0.15) is 47.1 Å². The Labute approximate surface area is 136 Å². The van der Waals surface area contributed by atoms with Crippen LogP contribution in [-0.4, -0.2) is 23.0 Å². The molecule has 0 saturated heterocycles. The quantitative estimate of drug-likeness (QED) is 0.884. The van der Waals surface area contributed by atoms with Gasteiger partial charge in [-0.1, -0.05) is 24.6 Å². The van der Waals surface area contributed by atoms with Gasteiger partial charge in [-0.3, -0.25) is 4.79 Å². The highest BCUT2D eigenvalue weighted by Crippen LogP contribution is 2.26. The van der Waals surface area contributed by atoms with Crippen molar-refractivity contribution in [1.82, 2.24) is 15.3 Å². The number of nitrogens with two attached hydrogens (primary N) is 1. The molecule has 0 bridgehead atoms. The molecule has 6 nitrogen and oxygen atoms in total. The molecule has 3 N–H and O–H groups in total. The smallest absolute Gasteiger partial charge is 0.255 e. The third-order valence-corrected chi connectivity index (χ3v) is 3.67. The van der Waals surface area contributed by atoms with Crippen LogP contribution in [0.25, 0.3) is 0 Å². The average Bonchev–Trinajstić information content (AvgIpc) is 2.54. The standard InChI is InChI=1S/C17H22N4O2/c1-5-14-13(9-19-17(18)21-14)16(22)20-11(3)12-8-10(2)6-7-15(12)23-4/h6-9,11H,5H2,1-4H3,(H,20,22)(H2,18,19,21)/t11-/m1/s1. The van der Waals surface area contributed by atoms with Crippen molar-refractivity contribution in [2.75, 3.05) is 12.8 Å². The number of nitrogen functional groups attached to an aromatic ring is 1. The van der Waals surface area contributed by atoms with Gasteiger partial charge in [-0.2, -0.15) is 0 Å². The van der Waals surface area contributed by atoms with E-state index in [1.807, 2.05) is 39.0 Å². The first kappa shape index (κ1) is 16.7. The number of ether oxygens (including phenoxy) is 1. The number of benzene rings is 1. The number of aromatic nitrogens is 2. The maximum absolute atomic E-state index is 12.5. The molecule has 1 aromatic carbocycles. The molecule has 1 heterocycles. The van der Waals surface area contributed by atoms with Gasteiger partial charge in [-0.05, 0) is 26.3 Å². The number of hydrogen-bond donors (Lipinski definition) is 2. The Bertz CT molecular complexity index is 716. The van der Waals surface area contributed by atoms with Crippen molar-refractivity contribution in [3.63, 3.8) is 0 Å². The number of amides is 1. The molecule has 1 aromatic heterocycles. The largest absolute Gasteiger partial charge is 0.496 e. The minimum Gasteiger partial charge on any atom is -0.496 e.